The van der Waals surface area contributed by atoms with Gasteiger partial charge in [0.1, 0.15) is 11.9 Å². The predicted molar refractivity (Wildman–Crippen MR) is 150 cm³/mol. The van der Waals surface area contributed by atoms with Crippen LogP contribution in [-0.4, -0.2) is 23.0 Å². The zero-order chi connectivity index (χ0) is 28.4. The Morgan fingerprint density at radius 2 is 1.56 bits per heavy atom. The number of nitrogens with zero attached hydrogens (tertiary/aromatic N) is 1. The monoisotopic (exact) mass is 532 g/mol. The quantitative estimate of drug-likeness (QED) is 0.436. The van der Waals surface area contributed by atoms with Crippen LogP contribution in [0, 0.1) is 68.0 Å². The zero-order valence-electron chi connectivity index (χ0n) is 25.2. The second-order valence-electron chi connectivity index (χ2n) is 16.6. The van der Waals surface area contributed by atoms with E-state index < -0.39 is 5.41 Å². The summed E-state index contributed by atoms with van der Waals surface area (Å²) in [5, 5.41) is 13.5. The van der Waals surface area contributed by atoms with Crippen molar-refractivity contribution < 1.29 is 14.4 Å². The van der Waals surface area contributed by atoms with Crippen molar-refractivity contribution in [1.82, 2.24) is 5.32 Å². The largest absolute Gasteiger partial charge is 0.350 e. The van der Waals surface area contributed by atoms with Crippen molar-refractivity contribution in [3.8, 4) is 6.07 Å². The maximum atomic E-state index is 14.6. The number of hydrogen-bond donors (Lipinski definition) is 1. The number of hydrogen-bond acceptors (Lipinski definition) is 4. The van der Waals surface area contributed by atoms with Crippen molar-refractivity contribution in [3.05, 3.63) is 11.6 Å². The van der Waals surface area contributed by atoms with Crippen LogP contribution in [0.1, 0.15) is 113 Å². The molecule has 5 saturated carbocycles. The van der Waals surface area contributed by atoms with Crippen molar-refractivity contribution in [3.63, 3.8) is 0 Å². The summed E-state index contributed by atoms with van der Waals surface area (Å²) in [6, 6.07) is 2.22. The van der Waals surface area contributed by atoms with E-state index in [1.54, 1.807) is 0 Å². The molecule has 0 aromatic rings. The molecule has 0 spiro atoms. The van der Waals surface area contributed by atoms with Crippen LogP contribution < -0.4 is 5.32 Å². The fourth-order valence-corrected chi connectivity index (χ4v) is 11.2. The molecule has 6 aliphatic carbocycles. The summed E-state index contributed by atoms with van der Waals surface area (Å²) in [7, 11) is 0. The molecular formula is C34H48N2O3. The highest BCUT2D eigenvalue weighted by Crippen LogP contribution is 2.74. The Balaban J connectivity index is 1.44. The van der Waals surface area contributed by atoms with Gasteiger partial charge >= 0.3 is 0 Å². The minimum atomic E-state index is -0.612. The lowest BCUT2D eigenvalue weighted by Crippen LogP contribution is -2.72. The molecule has 5 fully saturated rings. The summed E-state index contributed by atoms with van der Waals surface area (Å²) in [6.07, 6.45) is 11.3. The van der Waals surface area contributed by atoms with E-state index >= 15 is 0 Å². The van der Waals surface area contributed by atoms with E-state index in [2.05, 4.69) is 46.0 Å². The SMILES string of the molecule is CC1(C)CCC2(NC(=O)C3CC3)CCC3(C)C(C(=O)CC4C5(C)C=C(C#N)C(=O)C(C)(C)C5CCC43C)C2C1. The van der Waals surface area contributed by atoms with Crippen LogP contribution in [0.2, 0.25) is 0 Å². The normalized spacial score (nSPS) is 47.9. The summed E-state index contributed by atoms with van der Waals surface area (Å²) in [4.78, 5) is 41.1. The van der Waals surface area contributed by atoms with Crippen LogP contribution in [0.5, 0.6) is 0 Å². The minimum absolute atomic E-state index is 0.0411. The first kappa shape index (κ1) is 27.2. The van der Waals surface area contributed by atoms with Gasteiger partial charge in [0.05, 0.1) is 5.57 Å². The van der Waals surface area contributed by atoms with E-state index in [0.29, 0.717) is 12.2 Å². The van der Waals surface area contributed by atoms with Gasteiger partial charge in [-0.05, 0) is 97.2 Å². The van der Waals surface area contributed by atoms with E-state index in [1.807, 2.05) is 19.9 Å². The number of carbonyl (C=O) groups excluding carboxylic acids is 3. The van der Waals surface area contributed by atoms with Crippen LogP contribution in [0.25, 0.3) is 0 Å². The highest BCUT2D eigenvalue weighted by Gasteiger charge is 2.72. The average molecular weight is 533 g/mol. The maximum absolute atomic E-state index is 14.6. The number of allylic oxidation sites excluding steroid dienone is 2. The molecule has 0 heterocycles. The number of ketones is 2. The molecule has 0 saturated heterocycles. The minimum Gasteiger partial charge on any atom is -0.350 e. The van der Waals surface area contributed by atoms with E-state index in [1.165, 1.54) is 0 Å². The lowest BCUT2D eigenvalue weighted by Gasteiger charge is -2.72. The molecule has 8 atom stereocenters. The Kier molecular flexibility index (Phi) is 5.63. The maximum Gasteiger partial charge on any atom is 0.223 e. The molecule has 0 bridgehead atoms. The summed E-state index contributed by atoms with van der Waals surface area (Å²) >= 11 is 0. The molecular weight excluding hydrogens is 484 g/mol. The first-order valence-corrected chi connectivity index (χ1v) is 15.6. The van der Waals surface area contributed by atoms with Gasteiger partial charge in [0.15, 0.2) is 5.78 Å². The molecule has 0 aromatic carbocycles. The van der Waals surface area contributed by atoms with E-state index in [0.717, 1.165) is 57.8 Å². The number of amides is 1. The Labute approximate surface area is 234 Å². The van der Waals surface area contributed by atoms with Gasteiger partial charge in [-0.15, -0.1) is 0 Å². The molecule has 0 radical (unpaired) electrons. The third kappa shape index (κ3) is 3.51. The lowest BCUT2D eigenvalue weighted by molar-refractivity contribution is -0.215. The topological polar surface area (TPSA) is 87.0 Å². The lowest BCUT2D eigenvalue weighted by atomic mass is 9.32. The number of nitriles is 1. The number of carbonyl (C=O) groups is 3. The predicted octanol–water partition coefficient (Wildman–Crippen LogP) is 6.56. The second-order valence-corrected chi connectivity index (χ2v) is 16.6. The van der Waals surface area contributed by atoms with Crippen molar-refractivity contribution in [2.75, 3.05) is 0 Å². The standard InChI is InChI=1S/C34H48N2O3/c1-29(2)12-14-34(36-28(39)20-8-9-20)15-13-33(7)26(22(34)18-29)23(37)16-25-31(5)17-21(19-35)27(38)30(3,4)24(31)10-11-32(25,33)6/h17,20,22,24-26H,8-16,18H2,1-7H3,(H,36,39). The molecule has 5 heteroatoms. The van der Waals surface area contributed by atoms with Crippen LogP contribution in [0.3, 0.4) is 0 Å². The molecule has 1 amide bonds. The van der Waals surface area contributed by atoms with Gasteiger partial charge in [0.2, 0.25) is 5.91 Å². The molecule has 5 nitrogen and oxygen atoms in total. The number of nitrogens with one attached hydrogen (secondary N) is 1. The Morgan fingerprint density at radius 1 is 0.897 bits per heavy atom. The number of rotatable bonds is 2. The van der Waals surface area contributed by atoms with Crippen LogP contribution in [-0.2, 0) is 14.4 Å². The van der Waals surface area contributed by atoms with Crippen LogP contribution >= 0.6 is 0 Å². The third-order valence-corrected chi connectivity index (χ3v) is 13.8. The number of fused-ring (bicyclic) bond motifs is 7. The van der Waals surface area contributed by atoms with Gasteiger partial charge < -0.3 is 5.32 Å². The Morgan fingerprint density at radius 3 is 2.21 bits per heavy atom. The highest BCUT2D eigenvalue weighted by atomic mass is 16.2. The van der Waals surface area contributed by atoms with Crippen molar-refractivity contribution in [2.45, 2.75) is 118 Å². The smallest absolute Gasteiger partial charge is 0.223 e. The van der Waals surface area contributed by atoms with Gasteiger partial charge in [-0.3, -0.25) is 14.4 Å². The second kappa shape index (κ2) is 8.07. The Bertz CT molecular complexity index is 1220. The molecule has 0 aliphatic heterocycles. The molecule has 0 aromatic heterocycles. The van der Waals surface area contributed by atoms with Gasteiger partial charge in [0.25, 0.3) is 0 Å². The molecule has 8 unspecified atom stereocenters. The van der Waals surface area contributed by atoms with Crippen molar-refractivity contribution >= 4 is 17.5 Å². The van der Waals surface area contributed by atoms with E-state index in [9.17, 15) is 19.6 Å². The van der Waals surface area contributed by atoms with Crippen LogP contribution in [0.15, 0.2) is 11.6 Å². The summed E-state index contributed by atoms with van der Waals surface area (Å²) in [6.45, 7) is 15.8. The first-order chi connectivity index (χ1) is 18.0. The first-order valence-electron chi connectivity index (χ1n) is 15.6. The summed E-state index contributed by atoms with van der Waals surface area (Å²) in [5.74, 6) is 1.01. The molecule has 1 N–H and O–H groups in total. The van der Waals surface area contributed by atoms with Gasteiger partial charge in [0, 0.05) is 29.2 Å². The van der Waals surface area contributed by atoms with Crippen molar-refractivity contribution in [2.24, 2.45) is 56.7 Å². The summed E-state index contributed by atoms with van der Waals surface area (Å²) < 4.78 is 0. The molecule has 39 heavy (non-hydrogen) atoms. The molecule has 6 rings (SSSR count). The Hall–Kier alpha value is -1.96. The van der Waals surface area contributed by atoms with E-state index in [4.69, 9.17) is 0 Å². The molecule has 212 valence electrons. The van der Waals surface area contributed by atoms with Crippen LogP contribution in [0.4, 0.5) is 0 Å². The highest BCUT2D eigenvalue weighted by molar-refractivity contribution is 6.04. The molecule has 6 aliphatic rings. The fourth-order valence-electron chi connectivity index (χ4n) is 11.2. The van der Waals surface area contributed by atoms with Gasteiger partial charge in [-0.2, -0.15) is 5.26 Å². The van der Waals surface area contributed by atoms with E-state index in [-0.39, 0.29) is 74.1 Å². The van der Waals surface area contributed by atoms with Gasteiger partial charge in [-0.25, -0.2) is 0 Å². The zero-order valence-corrected chi connectivity index (χ0v) is 25.2. The van der Waals surface area contributed by atoms with Crippen molar-refractivity contribution in [1.29, 1.82) is 5.26 Å². The van der Waals surface area contributed by atoms with Gasteiger partial charge in [-0.1, -0.05) is 54.5 Å². The fraction of sp³-hybridized carbons (Fsp3) is 0.824. The average Bonchev–Trinajstić information content (AvgIpc) is 3.69. The summed E-state index contributed by atoms with van der Waals surface area (Å²) in [5.41, 5.74) is -1.10. The number of Topliss-reactive ketones (excluding diaryl/α,β-unsaturated/α-hetero) is 2. The third-order valence-electron chi connectivity index (χ3n) is 13.8.